The maximum atomic E-state index is 13.8. The van der Waals surface area contributed by atoms with Gasteiger partial charge in [0.1, 0.15) is 29.7 Å². The standard InChI is InChI=1S/C24H29F4N5O6/c1-11(2)7-15(32(4)19(35)12(3)30-22(38)24(26,27)28)20(36)33-10-23(9-16(33)18(29)34)21(37)31-14-8-13(25)5-6-17(14)39-23/h5-6,8,11-12,15-16H,7,9-10H2,1-4H3,(H2,29,34)(H,30,38)(H,31,37)/t12?,15?,16-,23+/m0/s1. The summed E-state index contributed by atoms with van der Waals surface area (Å²) in [5.41, 5.74) is 3.86. The highest BCUT2D eigenvalue weighted by Gasteiger charge is 2.57. The predicted octanol–water partition coefficient (Wildman–Crippen LogP) is 0.922. The lowest BCUT2D eigenvalue weighted by atomic mass is 9.96. The Labute approximate surface area is 221 Å². The number of hydrogen-bond acceptors (Lipinski definition) is 6. The molecule has 1 fully saturated rings. The van der Waals surface area contributed by atoms with Gasteiger partial charge in [0.05, 0.1) is 12.2 Å². The number of amides is 5. The zero-order valence-corrected chi connectivity index (χ0v) is 21.6. The molecular formula is C24H29F4N5O6. The van der Waals surface area contributed by atoms with Crippen LogP contribution in [-0.2, 0) is 24.0 Å². The summed E-state index contributed by atoms with van der Waals surface area (Å²) in [6.07, 6.45) is -5.52. The smallest absolute Gasteiger partial charge is 0.471 e. The van der Waals surface area contributed by atoms with E-state index in [1.807, 2.05) is 0 Å². The van der Waals surface area contributed by atoms with E-state index >= 15 is 0 Å². The first-order chi connectivity index (χ1) is 18.0. The number of anilines is 1. The molecule has 2 heterocycles. The lowest BCUT2D eigenvalue weighted by Gasteiger charge is -2.36. The van der Waals surface area contributed by atoms with Gasteiger partial charge in [-0.2, -0.15) is 13.2 Å². The second-order valence-electron chi connectivity index (χ2n) is 10.1. The SMILES string of the molecule is CC(C)CC(C(=O)N1C[C@@]2(C[C@H]1C(N)=O)Oc1ccc(F)cc1NC2=O)N(C)C(=O)C(C)NC(=O)C(F)(F)F. The summed E-state index contributed by atoms with van der Waals surface area (Å²) in [6, 6.07) is -0.820. The molecule has 0 aromatic heterocycles. The molecule has 1 aromatic rings. The Morgan fingerprint density at radius 2 is 1.90 bits per heavy atom. The Kier molecular flexibility index (Phi) is 8.13. The van der Waals surface area contributed by atoms with E-state index in [1.54, 1.807) is 19.2 Å². The van der Waals surface area contributed by atoms with Crippen LogP contribution >= 0.6 is 0 Å². The van der Waals surface area contributed by atoms with Crippen molar-refractivity contribution in [2.75, 3.05) is 18.9 Å². The topological polar surface area (TPSA) is 151 Å². The van der Waals surface area contributed by atoms with Crippen LogP contribution in [0.5, 0.6) is 5.75 Å². The van der Waals surface area contributed by atoms with Gasteiger partial charge < -0.3 is 30.9 Å². The number of likely N-dealkylation sites (N-methyl/N-ethyl adjacent to an activating group) is 1. The Hall–Kier alpha value is -3.91. The third kappa shape index (κ3) is 6.06. The third-order valence-corrected chi connectivity index (χ3v) is 6.62. The number of alkyl halides is 3. The van der Waals surface area contributed by atoms with E-state index in [4.69, 9.17) is 10.5 Å². The van der Waals surface area contributed by atoms with Crippen molar-refractivity contribution in [3.05, 3.63) is 24.0 Å². The molecule has 11 nitrogen and oxygen atoms in total. The number of nitrogens with two attached hydrogens (primary N) is 1. The van der Waals surface area contributed by atoms with Gasteiger partial charge in [-0.05, 0) is 31.4 Å². The van der Waals surface area contributed by atoms with E-state index in [-0.39, 0.29) is 30.2 Å². The second-order valence-corrected chi connectivity index (χ2v) is 10.1. The quantitative estimate of drug-likeness (QED) is 0.423. The van der Waals surface area contributed by atoms with Crippen molar-refractivity contribution in [1.82, 2.24) is 15.1 Å². The molecule has 214 valence electrons. The van der Waals surface area contributed by atoms with Gasteiger partial charge in [-0.15, -0.1) is 0 Å². The molecule has 3 rings (SSSR count). The van der Waals surface area contributed by atoms with Crippen LogP contribution in [-0.4, -0.2) is 82.8 Å². The van der Waals surface area contributed by atoms with Gasteiger partial charge in [-0.1, -0.05) is 13.8 Å². The molecule has 1 saturated heterocycles. The molecule has 0 saturated carbocycles. The highest BCUT2D eigenvalue weighted by Crippen LogP contribution is 2.41. The van der Waals surface area contributed by atoms with Crippen LogP contribution in [0.25, 0.3) is 0 Å². The molecular weight excluding hydrogens is 530 g/mol. The number of nitrogens with one attached hydrogen (secondary N) is 2. The second kappa shape index (κ2) is 10.7. The van der Waals surface area contributed by atoms with Gasteiger partial charge in [0.15, 0.2) is 0 Å². The maximum Gasteiger partial charge on any atom is 0.471 e. The van der Waals surface area contributed by atoms with Crippen molar-refractivity contribution >= 4 is 35.2 Å². The fraction of sp³-hybridized carbons (Fsp3) is 0.542. The first-order valence-corrected chi connectivity index (χ1v) is 12.0. The summed E-state index contributed by atoms with van der Waals surface area (Å²) < 4.78 is 57.5. The molecule has 39 heavy (non-hydrogen) atoms. The average molecular weight is 560 g/mol. The highest BCUT2D eigenvalue weighted by molar-refractivity contribution is 6.03. The number of benzene rings is 1. The molecule has 1 aromatic carbocycles. The summed E-state index contributed by atoms with van der Waals surface area (Å²) in [4.78, 5) is 65.4. The van der Waals surface area contributed by atoms with Crippen LogP contribution in [0.15, 0.2) is 18.2 Å². The molecule has 0 bridgehead atoms. The van der Waals surface area contributed by atoms with Crippen LogP contribution in [0.4, 0.5) is 23.2 Å². The van der Waals surface area contributed by atoms with Gasteiger partial charge in [-0.3, -0.25) is 24.0 Å². The van der Waals surface area contributed by atoms with Gasteiger partial charge in [-0.25, -0.2) is 4.39 Å². The molecule has 15 heteroatoms. The molecule has 0 radical (unpaired) electrons. The van der Waals surface area contributed by atoms with Gasteiger partial charge in [0.2, 0.25) is 23.3 Å². The highest BCUT2D eigenvalue weighted by atomic mass is 19.4. The van der Waals surface area contributed by atoms with Crippen molar-refractivity contribution in [1.29, 1.82) is 0 Å². The minimum atomic E-state index is -5.22. The van der Waals surface area contributed by atoms with Gasteiger partial charge in [0, 0.05) is 19.5 Å². The number of halogens is 4. The van der Waals surface area contributed by atoms with Crippen molar-refractivity contribution in [3.63, 3.8) is 0 Å². The minimum absolute atomic E-state index is 0.0329. The van der Waals surface area contributed by atoms with E-state index < -0.39 is 71.8 Å². The molecule has 4 N–H and O–H groups in total. The van der Waals surface area contributed by atoms with Crippen molar-refractivity contribution in [2.45, 2.75) is 63.5 Å². The number of hydrogen-bond donors (Lipinski definition) is 3. The Balaban J connectivity index is 1.89. The van der Waals surface area contributed by atoms with Crippen LogP contribution in [0.1, 0.15) is 33.6 Å². The first kappa shape index (κ1) is 29.6. The van der Waals surface area contributed by atoms with E-state index in [1.165, 1.54) is 13.1 Å². The fourth-order valence-corrected chi connectivity index (χ4v) is 4.64. The Bertz CT molecular complexity index is 1190. The summed E-state index contributed by atoms with van der Waals surface area (Å²) in [5.74, 6) is -6.52. The number of rotatable bonds is 7. The maximum absolute atomic E-state index is 13.8. The zero-order valence-electron chi connectivity index (χ0n) is 21.6. The van der Waals surface area contributed by atoms with E-state index in [0.29, 0.717) is 0 Å². The van der Waals surface area contributed by atoms with E-state index in [2.05, 4.69) is 5.32 Å². The van der Waals surface area contributed by atoms with E-state index in [0.717, 1.165) is 28.9 Å². The number of likely N-dealkylation sites (tertiary alicyclic amines) is 1. The van der Waals surface area contributed by atoms with Crippen molar-refractivity contribution in [2.24, 2.45) is 11.7 Å². The summed E-state index contributed by atoms with van der Waals surface area (Å²) in [5, 5.41) is 4.07. The number of carbonyl (C=O) groups is 5. The minimum Gasteiger partial charge on any atom is -0.473 e. The van der Waals surface area contributed by atoms with Gasteiger partial charge in [0.25, 0.3) is 5.91 Å². The van der Waals surface area contributed by atoms with Gasteiger partial charge >= 0.3 is 12.1 Å². The van der Waals surface area contributed by atoms with Crippen LogP contribution < -0.4 is 21.1 Å². The number of carbonyl (C=O) groups excluding carboxylic acids is 5. The summed E-state index contributed by atoms with van der Waals surface area (Å²) >= 11 is 0. The monoisotopic (exact) mass is 559 g/mol. The third-order valence-electron chi connectivity index (χ3n) is 6.62. The molecule has 4 atom stereocenters. The lowest BCUT2D eigenvalue weighted by molar-refractivity contribution is -0.175. The normalized spacial score (nSPS) is 22.0. The van der Waals surface area contributed by atoms with Crippen LogP contribution in [0.3, 0.4) is 0 Å². The Morgan fingerprint density at radius 3 is 2.46 bits per heavy atom. The number of ether oxygens (including phenoxy) is 1. The van der Waals surface area contributed by atoms with Crippen LogP contribution in [0.2, 0.25) is 0 Å². The largest absolute Gasteiger partial charge is 0.473 e. The first-order valence-electron chi connectivity index (χ1n) is 12.0. The molecule has 5 amide bonds. The average Bonchev–Trinajstić information content (AvgIpc) is 3.22. The summed E-state index contributed by atoms with van der Waals surface area (Å²) in [7, 11) is 1.18. The van der Waals surface area contributed by atoms with Crippen molar-refractivity contribution < 1.29 is 46.3 Å². The van der Waals surface area contributed by atoms with E-state index in [9.17, 15) is 41.5 Å². The number of primary amides is 1. The lowest BCUT2D eigenvalue weighted by Crippen LogP contribution is -2.58. The molecule has 2 aliphatic heterocycles. The molecule has 2 unspecified atom stereocenters. The van der Waals surface area contributed by atoms with Crippen molar-refractivity contribution in [3.8, 4) is 5.75 Å². The van der Waals surface area contributed by atoms with Crippen LogP contribution in [0, 0.1) is 11.7 Å². The molecule has 1 spiro atoms. The summed E-state index contributed by atoms with van der Waals surface area (Å²) in [6.45, 7) is 4.06. The number of nitrogens with zero attached hydrogens (tertiary/aromatic N) is 2. The Morgan fingerprint density at radius 1 is 1.26 bits per heavy atom. The zero-order chi connectivity index (χ0) is 29.4. The predicted molar refractivity (Wildman–Crippen MR) is 127 cm³/mol. The fourth-order valence-electron chi connectivity index (χ4n) is 4.64. The molecule has 0 aliphatic carbocycles. The molecule has 2 aliphatic rings. The number of fused-ring (bicyclic) bond motifs is 1.